The Labute approximate surface area is 125 Å². The van der Waals surface area contributed by atoms with Gasteiger partial charge < -0.3 is 10.1 Å². The molecule has 0 radical (unpaired) electrons. The summed E-state index contributed by atoms with van der Waals surface area (Å²) in [7, 11) is 0. The van der Waals surface area contributed by atoms with Crippen LogP contribution in [0.3, 0.4) is 0 Å². The summed E-state index contributed by atoms with van der Waals surface area (Å²) in [5.41, 5.74) is -0.0941. The zero-order valence-corrected chi connectivity index (χ0v) is 12.6. The number of ether oxygens (including phenoxy) is 1. The van der Waals surface area contributed by atoms with Crippen molar-refractivity contribution in [3.8, 4) is 0 Å². The molecular formula is C16H22N2O3. The largest absolute Gasteiger partial charge is 0.380 e. The predicted octanol–water partition coefficient (Wildman–Crippen LogP) is 2.27. The van der Waals surface area contributed by atoms with Gasteiger partial charge in [-0.05, 0) is 18.9 Å². The van der Waals surface area contributed by atoms with Crippen LogP contribution in [0, 0.1) is 0 Å². The molecule has 0 bridgehead atoms. The zero-order valence-electron chi connectivity index (χ0n) is 12.6. The molecule has 0 aromatic heterocycles. The fourth-order valence-electron chi connectivity index (χ4n) is 2.74. The molecule has 1 fully saturated rings. The third-order valence-corrected chi connectivity index (χ3v) is 3.73. The van der Waals surface area contributed by atoms with E-state index in [0.717, 1.165) is 12.0 Å². The van der Waals surface area contributed by atoms with Gasteiger partial charge in [-0.25, -0.2) is 4.79 Å². The number of amides is 3. The molecule has 1 saturated heterocycles. The lowest BCUT2D eigenvalue weighted by atomic mass is 9.85. The quantitative estimate of drug-likeness (QED) is 0.619. The summed E-state index contributed by atoms with van der Waals surface area (Å²) in [5.74, 6) is -0.180. The molecule has 0 spiro atoms. The second kappa shape index (κ2) is 6.72. The summed E-state index contributed by atoms with van der Waals surface area (Å²) in [6, 6.07) is 9.11. The van der Waals surface area contributed by atoms with Gasteiger partial charge >= 0.3 is 6.03 Å². The normalized spacial score (nSPS) is 21.7. The minimum atomic E-state index is -0.931. The molecule has 5 nitrogen and oxygen atoms in total. The minimum absolute atomic E-state index is 0.180. The molecule has 1 aromatic carbocycles. The van der Waals surface area contributed by atoms with Crippen LogP contribution in [0.2, 0.25) is 0 Å². The Morgan fingerprint density at radius 1 is 1.19 bits per heavy atom. The van der Waals surface area contributed by atoms with Crippen LogP contribution >= 0.6 is 0 Å². The van der Waals surface area contributed by atoms with Crippen LogP contribution in [0.15, 0.2) is 30.3 Å². The average Bonchev–Trinajstić information content (AvgIpc) is 2.74. The fraction of sp³-hybridized carbons (Fsp3) is 0.500. The van der Waals surface area contributed by atoms with Crippen molar-refractivity contribution in [2.45, 2.75) is 32.2 Å². The third kappa shape index (κ3) is 2.93. The highest BCUT2D eigenvalue weighted by atomic mass is 16.5. The molecule has 5 heteroatoms. The molecule has 1 aliphatic rings. The van der Waals surface area contributed by atoms with Crippen molar-refractivity contribution in [2.75, 3.05) is 19.8 Å². The Kier molecular flexibility index (Phi) is 4.96. The highest BCUT2D eigenvalue weighted by molar-refractivity contribution is 6.07. The maximum Gasteiger partial charge on any atom is 0.325 e. The predicted molar refractivity (Wildman–Crippen MR) is 79.8 cm³/mol. The number of urea groups is 1. The highest BCUT2D eigenvalue weighted by Crippen LogP contribution is 2.33. The number of nitrogens with zero attached hydrogens (tertiary/aromatic N) is 1. The van der Waals surface area contributed by atoms with E-state index < -0.39 is 5.54 Å². The monoisotopic (exact) mass is 290 g/mol. The smallest absolute Gasteiger partial charge is 0.325 e. The average molecular weight is 290 g/mol. The van der Waals surface area contributed by atoms with Gasteiger partial charge in [0.05, 0.1) is 13.2 Å². The van der Waals surface area contributed by atoms with Crippen molar-refractivity contribution < 1.29 is 14.3 Å². The Hall–Kier alpha value is -1.88. The van der Waals surface area contributed by atoms with Gasteiger partial charge in [-0.15, -0.1) is 0 Å². The van der Waals surface area contributed by atoms with Crippen LogP contribution in [0.5, 0.6) is 0 Å². The van der Waals surface area contributed by atoms with Crippen LogP contribution in [-0.2, 0) is 15.1 Å². The number of imide groups is 1. The number of nitrogens with one attached hydrogen (secondary N) is 1. The Bertz CT molecular complexity index is 504. The minimum Gasteiger partial charge on any atom is -0.380 e. The first-order valence-corrected chi connectivity index (χ1v) is 7.43. The molecule has 21 heavy (non-hydrogen) atoms. The van der Waals surface area contributed by atoms with Crippen LogP contribution in [0.4, 0.5) is 4.79 Å². The van der Waals surface area contributed by atoms with Gasteiger partial charge in [-0.2, -0.15) is 0 Å². The van der Waals surface area contributed by atoms with E-state index in [2.05, 4.69) is 5.32 Å². The van der Waals surface area contributed by atoms with Crippen molar-refractivity contribution in [1.82, 2.24) is 10.2 Å². The molecule has 1 N–H and O–H groups in total. The summed E-state index contributed by atoms with van der Waals surface area (Å²) >= 11 is 0. The number of hydrogen-bond donors (Lipinski definition) is 1. The van der Waals surface area contributed by atoms with E-state index in [1.807, 2.05) is 44.2 Å². The molecular weight excluding hydrogens is 268 g/mol. The molecule has 1 atom stereocenters. The van der Waals surface area contributed by atoms with E-state index in [4.69, 9.17) is 4.74 Å². The number of benzene rings is 1. The first kappa shape index (κ1) is 15.5. The second-order valence-electron chi connectivity index (χ2n) is 5.11. The van der Waals surface area contributed by atoms with Gasteiger partial charge in [-0.3, -0.25) is 9.69 Å². The van der Waals surface area contributed by atoms with Crippen molar-refractivity contribution in [3.63, 3.8) is 0 Å². The number of hydrogen-bond acceptors (Lipinski definition) is 3. The van der Waals surface area contributed by atoms with Crippen molar-refractivity contribution in [3.05, 3.63) is 35.9 Å². The Balaban J connectivity index is 2.27. The van der Waals surface area contributed by atoms with Gasteiger partial charge in [0.25, 0.3) is 5.91 Å². The summed E-state index contributed by atoms with van der Waals surface area (Å²) in [4.78, 5) is 26.3. The van der Waals surface area contributed by atoms with Gasteiger partial charge in [0, 0.05) is 6.61 Å². The first-order chi connectivity index (χ1) is 10.2. The van der Waals surface area contributed by atoms with Gasteiger partial charge in [0.1, 0.15) is 5.54 Å². The third-order valence-electron chi connectivity index (χ3n) is 3.73. The maximum absolute atomic E-state index is 12.8. The molecule has 1 heterocycles. The van der Waals surface area contributed by atoms with Crippen molar-refractivity contribution in [1.29, 1.82) is 0 Å². The molecule has 0 saturated carbocycles. The van der Waals surface area contributed by atoms with Crippen LogP contribution < -0.4 is 5.32 Å². The molecule has 1 aromatic rings. The molecule has 3 amide bonds. The van der Waals surface area contributed by atoms with E-state index >= 15 is 0 Å². The fourth-order valence-corrected chi connectivity index (χ4v) is 2.74. The SMILES string of the molecule is CCC[C@]1(c2ccccc2)NC(=O)N(CCOCC)C1=O. The summed E-state index contributed by atoms with van der Waals surface area (Å²) in [6.45, 7) is 5.12. The molecule has 0 aliphatic carbocycles. The van der Waals surface area contributed by atoms with E-state index in [9.17, 15) is 9.59 Å². The maximum atomic E-state index is 12.8. The van der Waals surface area contributed by atoms with E-state index in [1.165, 1.54) is 4.90 Å². The Morgan fingerprint density at radius 2 is 1.90 bits per heavy atom. The molecule has 2 rings (SSSR count). The topological polar surface area (TPSA) is 58.6 Å². The Morgan fingerprint density at radius 3 is 2.52 bits per heavy atom. The lowest BCUT2D eigenvalue weighted by Crippen LogP contribution is -2.44. The van der Waals surface area contributed by atoms with E-state index in [1.54, 1.807) is 0 Å². The van der Waals surface area contributed by atoms with Crippen LogP contribution in [-0.4, -0.2) is 36.6 Å². The van der Waals surface area contributed by atoms with Gasteiger partial charge in [0.15, 0.2) is 0 Å². The second-order valence-corrected chi connectivity index (χ2v) is 5.11. The zero-order chi connectivity index (χ0) is 15.3. The van der Waals surface area contributed by atoms with Crippen LogP contribution in [0.1, 0.15) is 32.3 Å². The summed E-state index contributed by atoms with van der Waals surface area (Å²) in [6.07, 6.45) is 1.40. The molecule has 114 valence electrons. The number of carbonyl (C=O) groups is 2. The first-order valence-electron chi connectivity index (χ1n) is 7.43. The highest BCUT2D eigenvalue weighted by Gasteiger charge is 2.51. The van der Waals surface area contributed by atoms with Crippen molar-refractivity contribution in [2.24, 2.45) is 0 Å². The standard InChI is InChI=1S/C16H22N2O3/c1-3-10-16(13-8-6-5-7-9-13)14(19)18(15(20)17-16)11-12-21-4-2/h5-9H,3-4,10-12H2,1-2H3,(H,17,20)/t16-/m1/s1. The van der Waals surface area contributed by atoms with Crippen molar-refractivity contribution >= 4 is 11.9 Å². The van der Waals surface area contributed by atoms with Crippen LogP contribution in [0.25, 0.3) is 0 Å². The van der Waals surface area contributed by atoms with Gasteiger partial charge in [-0.1, -0.05) is 43.7 Å². The molecule has 0 unspecified atom stereocenters. The number of rotatable bonds is 7. The summed E-state index contributed by atoms with van der Waals surface area (Å²) in [5, 5.41) is 2.89. The van der Waals surface area contributed by atoms with E-state index in [0.29, 0.717) is 19.6 Å². The lowest BCUT2D eigenvalue weighted by molar-refractivity contribution is -0.132. The molecule has 1 aliphatic heterocycles. The summed E-state index contributed by atoms with van der Waals surface area (Å²) < 4.78 is 5.25. The van der Waals surface area contributed by atoms with Gasteiger partial charge in [0.2, 0.25) is 0 Å². The number of carbonyl (C=O) groups excluding carboxylic acids is 2. The lowest BCUT2D eigenvalue weighted by Gasteiger charge is -2.26. The van der Waals surface area contributed by atoms with E-state index in [-0.39, 0.29) is 18.5 Å².